The Hall–Kier alpha value is -0.870. The van der Waals surface area contributed by atoms with E-state index in [1.165, 1.54) is 17.4 Å². The summed E-state index contributed by atoms with van der Waals surface area (Å²) < 4.78 is 13.9. The van der Waals surface area contributed by atoms with Gasteiger partial charge in [-0.05, 0) is 24.3 Å². The SMILES string of the molecule is CCSc1cccc(F)c1-c1nc(CC)cs1. The molecule has 0 aliphatic rings. The van der Waals surface area contributed by atoms with E-state index < -0.39 is 0 Å². The second-order valence-corrected chi connectivity index (χ2v) is 5.71. The minimum absolute atomic E-state index is 0.180. The summed E-state index contributed by atoms with van der Waals surface area (Å²) in [4.78, 5) is 5.44. The van der Waals surface area contributed by atoms with Crippen LogP contribution in [0.5, 0.6) is 0 Å². The van der Waals surface area contributed by atoms with Crippen LogP contribution in [0.15, 0.2) is 28.5 Å². The van der Waals surface area contributed by atoms with Crippen LogP contribution in [0.25, 0.3) is 10.6 Å². The van der Waals surface area contributed by atoms with E-state index in [0.29, 0.717) is 5.56 Å². The van der Waals surface area contributed by atoms with Crippen molar-refractivity contribution in [3.63, 3.8) is 0 Å². The zero-order chi connectivity index (χ0) is 12.3. The molecule has 0 atom stereocenters. The van der Waals surface area contributed by atoms with Gasteiger partial charge in [0.25, 0.3) is 0 Å². The topological polar surface area (TPSA) is 12.9 Å². The Morgan fingerprint density at radius 1 is 1.35 bits per heavy atom. The standard InChI is InChI=1S/C13H14FNS2/c1-3-9-8-17-13(15-9)12-10(14)6-5-7-11(12)16-4-2/h5-8H,3-4H2,1-2H3. The molecular formula is C13H14FNS2. The number of aryl methyl sites for hydroxylation is 1. The number of thioether (sulfide) groups is 1. The van der Waals surface area contributed by atoms with Crippen LogP contribution in [0.1, 0.15) is 19.5 Å². The lowest BCUT2D eigenvalue weighted by atomic mass is 10.2. The molecule has 17 heavy (non-hydrogen) atoms. The summed E-state index contributed by atoms with van der Waals surface area (Å²) in [5.74, 6) is 0.753. The smallest absolute Gasteiger partial charge is 0.134 e. The zero-order valence-corrected chi connectivity index (χ0v) is 11.5. The Bertz CT molecular complexity index is 508. The lowest BCUT2D eigenvalue weighted by molar-refractivity contribution is 0.628. The predicted molar refractivity (Wildman–Crippen MR) is 73.3 cm³/mol. The third-order valence-corrected chi connectivity index (χ3v) is 4.25. The van der Waals surface area contributed by atoms with Crippen molar-refractivity contribution in [2.45, 2.75) is 25.2 Å². The molecule has 0 aliphatic heterocycles. The number of rotatable bonds is 4. The van der Waals surface area contributed by atoms with Gasteiger partial charge in [0.05, 0.1) is 11.3 Å². The molecule has 0 spiro atoms. The normalized spacial score (nSPS) is 10.8. The third kappa shape index (κ3) is 2.69. The Morgan fingerprint density at radius 2 is 2.18 bits per heavy atom. The lowest BCUT2D eigenvalue weighted by Gasteiger charge is -2.06. The van der Waals surface area contributed by atoms with Crippen molar-refractivity contribution in [3.8, 4) is 10.6 Å². The van der Waals surface area contributed by atoms with Crippen LogP contribution in [-0.2, 0) is 6.42 Å². The van der Waals surface area contributed by atoms with Crippen molar-refractivity contribution in [2.24, 2.45) is 0 Å². The van der Waals surface area contributed by atoms with Gasteiger partial charge in [0.15, 0.2) is 0 Å². The lowest BCUT2D eigenvalue weighted by Crippen LogP contribution is -1.89. The molecule has 90 valence electrons. The second kappa shape index (κ2) is 5.65. The first-order valence-corrected chi connectivity index (χ1v) is 7.48. The van der Waals surface area contributed by atoms with Gasteiger partial charge in [0.1, 0.15) is 10.8 Å². The maximum Gasteiger partial charge on any atom is 0.134 e. The van der Waals surface area contributed by atoms with Crippen molar-refractivity contribution in [3.05, 3.63) is 35.1 Å². The van der Waals surface area contributed by atoms with Crippen molar-refractivity contribution in [2.75, 3.05) is 5.75 Å². The summed E-state index contributed by atoms with van der Waals surface area (Å²) in [6.45, 7) is 4.13. The van der Waals surface area contributed by atoms with Crippen LogP contribution in [0, 0.1) is 5.82 Å². The average molecular weight is 267 g/mol. The van der Waals surface area contributed by atoms with Gasteiger partial charge in [0.2, 0.25) is 0 Å². The Balaban J connectivity index is 2.48. The number of halogens is 1. The summed E-state index contributed by atoms with van der Waals surface area (Å²) in [5.41, 5.74) is 1.68. The minimum Gasteiger partial charge on any atom is -0.241 e. The molecule has 2 aromatic rings. The van der Waals surface area contributed by atoms with Crippen LogP contribution < -0.4 is 0 Å². The second-order valence-electron chi connectivity index (χ2n) is 3.54. The highest BCUT2D eigenvalue weighted by molar-refractivity contribution is 7.99. The van der Waals surface area contributed by atoms with Crippen LogP contribution in [0.4, 0.5) is 4.39 Å². The molecule has 0 aliphatic carbocycles. The van der Waals surface area contributed by atoms with Gasteiger partial charge < -0.3 is 0 Å². The highest BCUT2D eigenvalue weighted by Crippen LogP contribution is 2.35. The van der Waals surface area contributed by atoms with Crippen LogP contribution >= 0.6 is 23.1 Å². The van der Waals surface area contributed by atoms with Crippen LogP contribution in [0.3, 0.4) is 0 Å². The number of hydrogen-bond acceptors (Lipinski definition) is 3. The van der Waals surface area contributed by atoms with E-state index in [-0.39, 0.29) is 5.82 Å². The van der Waals surface area contributed by atoms with Crippen molar-refractivity contribution in [1.29, 1.82) is 0 Å². The van der Waals surface area contributed by atoms with E-state index >= 15 is 0 Å². The minimum atomic E-state index is -0.180. The first-order chi connectivity index (χ1) is 8.26. The highest BCUT2D eigenvalue weighted by atomic mass is 32.2. The van der Waals surface area contributed by atoms with Crippen molar-refractivity contribution < 1.29 is 4.39 Å². The zero-order valence-electron chi connectivity index (χ0n) is 9.87. The molecule has 1 aromatic carbocycles. The molecule has 0 saturated carbocycles. The molecule has 0 amide bonds. The van der Waals surface area contributed by atoms with Gasteiger partial charge in [0, 0.05) is 10.3 Å². The van der Waals surface area contributed by atoms with Gasteiger partial charge in [-0.1, -0.05) is 19.9 Å². The van der Waals surface area contributed by atoms with Crippen LogP contribution in [0.2, 0.25) is 0 Å². The van der Waals surface area contributed by atoms with E-state index in [1.54, 1.807) is 17.8 Å². The number of nitrogens with zero attached hydrogens (tertiary/aromatic N) is 1. The van der Waals surface area contributed by atoms with Gasteiger partial charge in [-0.15, -0.1) is 23.1 Å². The predicted octanol–water partition coefficient (Wildman–Crippen LogP) is 4.62. The van der Waals surface area contributed by atoms with E-state index in [4.69, 9.17) is 0 Å². The molecule has 1 nitrogen and oxygen atoms in total. The fraction of sp³-hybridized carbons (Fsp3) is 0.308. The summed E-state index contributed by atoms with van der Waals surface area (Å²) in [7, 11) is 0. The maximum absolute atomic E-state index is 13.9. The van der Waals surface area contributed by atoms with Gasteiger partial charge in [-0.25, -0.2) is 9.37 Å². The first kappa shape index (κ1) is 12.6. The first-order valence-electron chi connectivity index (χ1n) is 5.62. The van der Waals surface area contributed by atoms with E-state index in [2.05, 4.69) is 18.8 Å². The molecule has 4 heteroatoms. The van der Waals surface area contributed by atoms with E-state index in [9.17, 15) is 4.39 Å². The number of hydrogen-bond donors (Lipinski definition) is 0. The molecule has 1 heterocycles. The summed E-state index contributed by atoms with van der Waals surface area (Å²) >= 11 is 3.17. The third-order valence-electron chi connectivity index (χ3n) is 2.40. The molecule has 1 aromatic heterocycles. The molecule has 0 radical (unpaired) electrons. The Labute approximate surface area is 109 Å². The highest BCUT2D eigenvalue weighted by Gasteiger charge is 2.14. The summed E-state index contributed by atoms with van der Waals surface area (Å²) in [6.07, 6.45) is 0.890. The van der Waals surface area contributed by atoms with Crippen molar-refractivity contribution in [1.82, 2.24) is 4.98 Å². The van der Waals surface area contributed by atoms with Crippen molar-refractivity contribution >= 4 is 23.1 Å². The fourth-order valence-corrected chi connectivity index (χ4v) is 3.42. The van der Waals surface area contributed by atoms with E-state index in [1.807, 2.05) is 11.4 Å². The van der Waals surface area contributed by atoms with E-state index in [0.717, 1.165) is 27.8 Å². The van der Waals surface area contributed by atoms with Crippen LogP contribution in [-0.4, -0.2) is 10.7 Å². The molecule has 0 unspecified atom stereocenters. The van der Waals surface area contributed by atoms with Gasteiger partial charge in [-0.3, -0.25) is 0 Å². The maximum atomic E-state index is 13.9. The fourth-order valence-electron chi connectivity index (χ4n) is 1.57. The Kier molecular flexibility index (Phi) is 4.18. The largest absolute Gasteiger partial charge is 0.241 e. The quantitative estimate of drug-likeness (QED) is 0.749. The molecule has 2 rings (SSSR count). The number of aromatic nitrogens is 1. The summed E-state index contributed by atoms with van der Waals surface area (Å²) in [5, 5.41) is 2.79. The molecule has 0 saturated heterocycles. The summed E-state index contributed by atoms with van der Waals surface area (Å²) in [6, 6.07) is 5.22. The molecule has 0 fully saturated rings. The van der Waals surface area contributed by atoms with Gasteiger partial charge in [-0.2, -0.15) is 0 Å². The Morgan fingerprint density at radius 3 is 2.82 bits per heavy atom. The number of benzene rings is 1. The molecule has 0 N–H and O–H groups in total. The molecule has 0 bridgehead atoms. The van der Waals surface area contributed by atoms with Gasteiger partial charge >= 0.3 is 0 Å². The number of thiazole rings is 1. The average Bonchev–Trinajstić information content (AvgIpc) is 2.78. The monoisotopic (exact) mass is 267 g/mol. The molecular weight excluding hydrogens is 253 g/mol.